The van der Waals surface area contributed by atoms with E-state index in [2.05, 4.69) is 18.2 Å². The summed E-state index contributed by atoms with van der Waals surface area (Å²) in [5.41, 5.74) is 1.61. The number of benzene rings is 4. The van der Waals surface area contributed by atoms with Crippen LogP contribution in [0.1, 0.15) is 5.56 Å². The van der Waals surface area contributed by atoms with Crippen molar-refractivity contribution in [1.29, 1.82) is 0 Å². The standard InChI is InChI=1S/C25H18N2O2/c28-24-22-15-6-7-16-23(22)26(25(29)27(24)20-12-2-1-3-13-20)17-19-11-8-10-18-9-4-5-14-21(18)19/h1-16H,17H2. The predicted octanol–water partition coefficient (Wildman–Crippen LogP) is 4.35. The Morgan fingerprint density at radius 3 is 2.10 bits per heavy atom. The molecule has 0 saturated heterocycles. The van der Waals surface area contributed by atoms with E-state index in [1.165, 1.54) is 4.57 Å². The Bertz CT molecular complexity index is 1460. The largest absolute Gasteiger partial charge is 0.336 e. The van der Waals surface area contributed by atoms with Crippen LogP contribution in [0.4, 0.5) is 0 Å². The summed E-state index contributed by atoms with van der Waals surface area (Å²) in [6, 6.07) is 30.6. The molecule has 0 atom stereocenters. The molecule has 4 heteroatoms. The quantitative estimate of drug-likeness (QED) is 0.468. The van der Waals surface area contributed by atoms with Crippen LogP contribution in [0.25, 0.3) is 27.4 Å². The highest BCUT2D eigenvalue weighted by Gasteiger charge is 2.15. The van der Waals surface area contributed by atoms with E-state index in [9.17, 15) is 9.59 Å². The second-order valence-electron chi connectivity index (χ2n) is 7.00. The molecule has 0 bridgehead atoms. The van der Waals surface area contributed by atoms with Gasteiger partial charge in [-0.3, -0.25) is 9.36 Å². The first kappa shape index (κ1) is 17.2. The Hall–Kier alpha value is -3.92. The van der Waals surface area contributed by atoms with Gasteiger partial charge in [-0.1, -0.05) is 72.8 Å². The first-order valence-corrected chi connectivity index (χ1v) is 9.51. The lowest BCUT2D eigenvalue weighted by Crippen LogP contribution is -2.39. The molecule has 140 valence electrons. The predicted molar refractivity (Wildman–Crippen MR) is 117 cm³/mol. The summed E-state index contributed by atoms with van der Waals surface area (Å²) in [6.07, 6.45) is 0. The molecular formula is C25H18N2O2. The van der Waals surface area contributed by atoms with Gasteiger partial charge in [0, 0.05) is 0 Å². The van der Waals surface area contributed by atoms with Gasteiger partial charge in [-0.05, 0) is 40.6 Å². The third kappa shape index (κ3) is 2.86. The van der Waals surface area contributed by atoms with Crippen molar-refractivity contribution in [3.8, 4) is 5.69 Å². The zero-order chi connectivity index (χ0) is 19.8. The Morgan fingerprint density at radius 2 is 1.28 bits per heavy atom. The molecule has 0 aliphatic rings. The van der Waals surface area contributed by atoms with Crippen molar-refractivity contribution >= 4 is 21.7 Å². The highest BCUT2D eigenvalue weighted by molar-refractivity contribution is 5.86. The molecule has 0 radical (unpaired) electrons. The molecule has 0 spiro atoms. The Labute approximate surface area is 166 Å². The van der Waals surface area contributed by atoms with Gasteiger partial charge in [-0.25, -0.2) is 9.36 Å². The Balaban J connectivity index is 1.82. The van der Waals surface area contributed by atoms with E-state index in [4.69, 9.17) is 0 Å². The molecule has 1 aromatic heterocycles. The van der Waals surface area contributed by atoms with Gasteiger partial charge in [-0.15, -0.1) is 0 Å². The first-order valence-electron chi connectivity index (χ1n) is 9.51. The maximum atomic E-state index is 13.5. The van der Waals surface area contributed by atoms with Crippen LogP contribution in [0.3, 0.4) is 0 Å². The van der Waals surface area contributed by atoms with E-state index < -0.39 is 0 Å². The highest BCUT2D eigenvalue weighted by atomic mass is 16.2. The maximum Gasteiger partial charge on any atom is 0.336 e. The second-order valence-corrected chi connectivity index (χ2v) is 7.00. The van der Waals surface area contributed by atoms with Gasteiger partial charge in [0.25, 0.3) is 5.56 Å². The van der Waals surface area contributed by atoms with Crippen LogP contribution in [0, 0.1) is 0 Å². The van der Waals surface area contributed by atoms with Crippen molar-refractivity contribution in [2.24, 2.45) is 0 Å². The minimum Gasteiger partial charge on any atom is -0.288 e. The number of aromatic nitrogens is 2. The van der Waals surface area contributed by atoms with Gasteiger partial charge in [-0.2, -0.15) is 0 Å². The fourth-order valence-corrected chi connectivity index (χ4v) is 3.88. The lowest BCUT2D eigenvalue weighted by atomic mass is 10.0. The third-order valence-corrected chi connectivity index (χ3v) is 5.27. The van der Waals surface area contributed by atoms with Crippen LogP contribution in [-0.2, 0) is 6.54 Å². The minimum absolute atomic E-state index is 0.300. The molecule has 4 aromatic carbocycles. The molecule has 0 N–H and O–H groups in total. The van der Waals surface area contributed by atoms with E-state index in [0.29, 0.717) is 23.1 Å². The van der Waals surface area contributed by atoms with Crippen molar-refractivity contribution in [2.75, 3.05) is 0 Å². The van der Waals surface area contributed by atoms with E-state index in [1.54, 1.807) is 22.8 Å². The van der Waals surface area contributed by atoms with Crippen molar-refractivity contribution in [1.82, 2.24) is 9.13 Å². The molecule has 0 amide bonds. The molecule has 0 aliphatic heterocycles. The van der Waals surface area contributed by atoms with E-state index in [-0.39, 0.29) is 11.2 Å². The van der Waals surface area contributed by atoms with Crippen molar-refractivity contribution in [3.63, 3.8) is 0 Å². The SMILES string of the molecule is O=c1c2ccccc2n(Cc2cccc3ccccc23)c(=O)n1-c1ccccc1. The van der Waals surface area contributed by atoms with Crippen LogP contribution in [0.2, 0.25) is 0 Å². The number of nitrogens with zero attached hydrogens (tertiary/aromatic N) is 2. The fourth-order valence-electron chi connectivity index (χ4n) is 3.88. The van der Waals surface area contributed by atoms with Crippen LogP contribution >= 0.6 is 0 Å². The number of rotatable bonds is 3. The van der Waals surface area contributed by atoms with E-state index in [1.807, 2.05) is 60.7 Å². The van der Waals surface area contributed by atoms with Gasteiger partial charge < -0.3 is 0 Å². The van der Waals surface area contributed by atoms with Crippen LogP contribution in [0.15, 0.2) is 107 Å². The van der Waals surface area contributed by atoms with E-state index in [0.717, 1.165) is 16.3 Å². The fraction of sp³-hybridized carbons (Fsp3) is 0.0400. The molecule has 1 heterocycles. The summed E-state index contributed by atoms with van der Waals surface area (Å²) < 4.78 is 2.94. The second kappa shape index (κ2) is 6.91. The normalized spacial score (nSPS) is 11.2. The van der Waals surface area contributed by atoms with Gasteiger partial charge in [0.05, 0.1) is 23.1 Å². The minimum atomic E-state index is -0.340. The van der Waals surface area contributed by atoms with Crippen molar-refractivity contribution in [3.05, 3.63) is 123 Å². The third-order valence-electron chi connectivity index (χ3n) is 5.27. The molecule has 29 heavy (non-hydrogen) atoms. The zero-order valence-corrected chi connectivity index (χ0v) is 15.7. The molecule has 0 aliphatic carbocycles. The van der Waals surface area contributed by atoms with Crippen LogP contribution in [0.5, 0.6) is 0 Å². The molecular weight excluding hydrogens is 360 g/mol. The lowest BCUT2D eigenvalue weighted by Gasteiger charge is -2.15. The molecule has 0 unspecified atom stereocenters. The summed E-state index contributed by atoms with van der Waals surface area (Å²) >= 11 is 0. The molecule has 5 aromatic rings. The van der Waals surface area contributed by atoms with Gasteiger partial charge >= 0.3 is 5.69 Å². The van der Waals surface area contributed by atoms with Crippen molar-refractivity contribution < 1.29 is 0 Å². The number of para-hydroxylation sites is 2. The highest BCUT2D eigenvalue weighted by Crippen LogP contribution is 2.20. The lowest BCUT2D eigenvalue weighted by molar-refractivity contribution is 0.717. The number of fused-ring (bicyclic) bond motifs is 2. The van der Waals surface area contributed by atoms with Gasteiger partial charge in [0.1, 0.15) is 0 Å². The Kier molecular flexibility index (Phi) is 4.10. The topological polar surface area (TPSA) is 44.0 Å². The Morgan fingerprint density at radius 1 is 0.621 bits per heavy atom. The summed E-state index contributed by atoms with van der Waals surface area (Å²) in [4.78, 5) is 26.6. The van der Waals surface area contributed by atoms with E-state index >= 15 is 0 Å². The maximum absolute atomic E-state index is 13.5. The van der Waals surface area contributed by atoms with Crippen molar-refractivity contribution in [2.45, 2.75) is 6.54 Å². The summed E-state index contributed by atoms with van der Waals surface area (Å²) in [5, 5.41) is 2.75. The monoisotopic (exact) mass is 378 g/mol. The summed E-state index contributed by atoms with van der Waals surface area (Å²) in [6.45, 7) is 0.383. The molecule has 5 rings (SSSR count). The van der Waals surface area contributed by atoms with Crippen LogP contribution in [-0.4, -0.2) is 9.13 Å². The molecule has 0 saturated carbocycles. The summed E-state index contributed by atoms with van der Waals surface area (Å²) in [7, 11) is 0. The van der Waals surface area contributed by atoms with Gasteiger partial charge in [0.15, 0.2) is 0 Å². The smallest absolute Gasteiger partial charge is 0.288 e. The average molecular weight is 378 g/mol. The molecule has 0 fully saturated rings. The average Bonchev–Trinajstić information content (AvgIpc) is 2.77. The summed E-state index contributed by atoms with van der Waals surface area (Å²) in [5.74, 6) is 0. The number of hydrogen-bond donors (Lipinski definition) is 0. The number of hydrogen-bond acceptors (Lipinski definition) is 2. The first-order chi connectivity index (χ1) is 14.2. The molecule has 4 nitrogen and oxygen atoms in total. The van der Waals surface area contributed by atoms with Gasteiger partial charge in [0.2, 0.25) is 0 Å². The zero-order valence-electron chi connectivity index (χ0n) is 15.7. The van der Waals surface area contributed by atoms with Crippen LogP contribution < -0.4 is 11.2 Å².